The molecule has 1 N–H and O–H groups in total. The van der Waals surface area contributed by atoms with E-state index in [2.05, 4.69) is 27.9 Å². The maximum atomic E-state index is 14.0. The van der Waals surface area contributed by atoms with Crippen molar-refractivity contribution in [2.75, 3.05) is 17.4 Å². The van der Waals surface area contributed by atoms with Crippen LogP contribution in [0.1, 0.15) is 39.2 Å². The topological polar surface area (TPSA) is 86.8 Å². The highest BCUT2D eigenvalue weighted by molar-refractivity contribution is 14.1. The van der Waals surface area contributed by atoms with E-state index in [1.807, 2.05) is 51.1 Å². The monoisotopic (exact) mass is 661 g/mol. The predicted molar refractivity (Wildman–Crippen MR) is 164 cm³/mol. The lowest BCUT2D eigenvalue weighted by atomic mass is 10.1. The molecule has 0 heterocycles. The number of nitrogens with one attached hydrogen (secondary N) is 1. The molecule has 3 aromatic rings. The first-order valence-corrected chi connectivity index (χ1v) is 15.7. The van der Waals surface area contributed by atoms with Gasteiger partial charge in [-0.2, -0.15) is 0 Å². The highest BCUT2D eigenvalue weighted by Gasteiger charge is 2.33. The van der Waals surface area contributed by atoms with Crippen LogP contribution in [0.3, 0.4) is 0 Å². The van der Waals surface area contributed by atoms with Gasteiger partial charge in [0.15, 0.2) is 0 Å². The smallest absolute Gasteiger partial charge is 0.264 e. The van der Waals surface area contributed by atoms with Crippen LogP contribution in [0, 0.1) is 3.57 Å². The molecule has 3 aromatic carbocycles. The number of carbonyl (C=O) groups is 2. The molecule has 0 aromatic heterocycles. The van der Waals surface area contributed by atoms with E-state index in [0.717, 1.165) is 19.9 Å². The first-order valence-electron chi connectivity index (χ1n) is 13.1. The molecule has 9 heteroatoms. The Bertz CT molecular complexity index is 1320. The molecule has 2 atom stereocenters. The second-order valence-electron chi connectivity index (χ2n) is 9.37. The third-order valence-corrected chi connectivity index (χ3v) is 9.10. The zero-order chi connectivity index (χ0) is 28.4. The first kappa shape index (κ1) is 30.6. The van der Waals surface area contributed by atoms with Crippen LogP contribution in [0.5, 0.6) is 0 Å². The molecular formula is C30H36IN3O4S. The number of halogens is 1. The highest BCUT2D eigenvalue weighted by atomic mass is 127. The van der Waals surface area contributed by atoms with E-state index < -0.39 is 28.5 Å². The van der Waals surface area contributed by atoms with Crippen LogP contribution in [0.15, 0.2) is 89.8 Å². The van der Waals surface area contributed by atoms with Gasteiger partial charge in [-0.15, -0.1) is 0 Å². The van der Waals surface area contributed by atoms with Crippen molar-refractivity contribution in [2.45, 2.75) is 57.0 Å². The molecular weight excluding hydrogens is 625 g/mol. The Kier molecular flexibility index (Phi) is 11.4. The molecule has 0 bridgehead atoms. The van der Waals surface area contributed by atoms with Crippen molar-refractivity contribution in [3.05, 3.63) is 94.1 Å². The molecule has 2 amide bonds. The summed E-state index contributed by atoms with van der Waals surface area (Å²) in [5.74, 6) is -0.671. The summed E-state index contributed by atoms with van der Waals surface area (Å²) in [6.45, 7) is 5.62. The largest absolute Gasteiger partial charge is 0.352 e. The molecule has 0 saturated carbocycles. The summed E-state index contributed by atoms with van der Waals surface area (Å²) in [4.78, 5) is 28.9. The van der Waals surface area contributed by atoms with E-state index in [0.29, 0.717) is 18.5 Å². The van der Waals surface area contributed by atoms with Gasteiger partial charge in [0.2, 0.25) is 11.8 Å². The Balaban J connectivity index is 1.99. The summed E-state index contributed by atoms with van der Waals surface area (Å²) < 4.78 is 29.6. The Hall–Kier alpha value is -2.92. The van der Waals surface area contributed by atoms with E-state index in [1.165, 1.54) is 17.0 Å². The molecule has 0 aliphatic rings. The molecule has 39 heavy (non-hydrogen) atoms. The zero-order valence-electron chi connectivity index (χ0n) is 22.6. The molecule has 0 fully saturated rings. The van der Waals surface area contributed by atoms with Crippen LogP contribution < -0.4 is 9.62 Å². The summed E-state index contributed by atoms with van der Waals surface area (Å²) in [6.07, 6.45) is 1.70. The van der Waals surface area contributed by atoms with Gasteiger partial charge in [-0.1, -0.05) is 62.4 Å². The van der Waals surface area contributed by atoms with Crippen molar-refractivity contribution in [3.63, 3.8) is 0 Å². The maximum Gasteiger partial charge on any atom is 0.264 e. The van der Waals surface area contributed by atoms with Gasteiger partial charge in [0.05, 0.1) is 10.6 Å². The lowest BCUT2D eigenvalue weighted by molar-refractivity contribution is -0.139. The molecule has 3 rings (SSSR count). The number of benzene rings is 3. The van der Waals surface area contributed by atoms with Gasteiger partial charge in [0.1, 0.15) is 12.6 Å². The molecule has 0 spiro atoms. The Morgan fingerprint density at radius 3 is 2.03 bits per heavy atom. The molecule has 7 nitrogen and oxygen atoms in total. The van der Waals surface area contributed by atoms with Crippen molar-refractivity contribution in [3.8, 4) is 0 Å². The number of anilines is 1. The lowest BCUT2D eigenvalue weighted by Crippen LogP contribution is -2.54. The molecule has 0 saturated heterocycles. The minimum absolute atomic E-state index is 0.0422. The second-order valence-corrected chi connectivity index (χ2v) is 12.5. The standard InChI is InChI=1S/C30H36IN3O4S/c1-4-23(3)32-30(36)28(5-2)33(21-20-24-12-8-6-9-13-24)29(35)22-34(26-18-16-25(31)17-19-26)39(37,38)27-14-10-7-11-15-27/h6-19,23,28H,4-5,20-22H2,1-3H3,(H,32,36)/t23-,28-/m0/s1. The Morgan fingerprint density at radius 2 is 1.46 bits per heavy atom. The normalized spacial score (nSPS) is 12.8. The molecule has 0 radical (unpaired) electrons. The van der Waals surface area contributed by atoms with Gasteiger partial charge in [0.25, 0.3) is 10.0 Å². The fourth-order valence-corrected chi connectivity index (χ4v) is 5.99. The number of amides is 2. The molecule has 208 valence electrons. The van der Waals surface area contributed by atoms with Gasteiger partial charge in [-0.3, -0.25) is 13.9 Å². The van der Waals surface area contributed by atoms with Crippen molar-refractivity contribution >= 4 is 50.1 Å². The minimum Gasteiger partial charge on any atom is -0.352 e. The summed E-state index contributed by atoms with van der Waals surface area (Å²) in [7, 11) is -4.06. The van der Waals surface area contributed by atoms with E-state index in [1.54, 1.807) is 42.5 Å². The third-order valence-electron chi connectivity index (χ3n) is 6.60. The fourth-order valence-electron chi connectivity index (χ4n) is 4.19. The number of hydrogen-bond donors (Lipinski definition) is 1. The average Bonchev–Trinajstić information content (AvgIpc) is 2.95. The van der Waals surface area contributed by atoms with Crippen LogP contribution >= 0.6 is 22.6 Å². The average molecular weight is 662 g/mol. The van der Waals surface area contributed by atoms with Crippen molar-refractivity contribution in [2.24, 2.45) is 0 Å². The zero-order valence-corrected chi connectivity index (χ0v) is 25.6. The summed E-state index contributed by atoms with van der Waals surface area (Å²) in [5, 5.41) is 3.00. The summed E-state index contributed by atoms with van der Waals surface area (Å²) in [5.41, 5.74) is 1.41. The van der Waals surface area contributed by atoms with Crippen LogP contribution in [0.2, 0.25) is 0 Å². The van der Waals surface area contributed by atoms with Gasteiger partial charge in [-0.25, -0.2) is 8.42 Å². The van der Waals surface area contributed by atoms with E-state index >= 15 is 0 Å². The van der Waals surface area contributed by atoms with Crippen molar-refractivity contribution < 1.29 is 18.0 Å². The van der Waals surface area contributed by atoms with Crippen molar-refractivity contribution in [1.29, 1.82) is 0 Å². The summed E-state index contributed by atoms with van der Waals surface area (Å²) >= 11 is 2.15. The number of rotatable bonds is 13. The Labute approximate surface area is 245 Å². The van der Waals surface area contributed by atoms with E-state index in [9.17, 15) is 18.0 Å². The fraction of sp³-hybridized carbons (Fsp3) is 0.333. The minimum atomic E-state index is -4.06. The molecule has 0 aliphatic heterocycles. The quantitative estimate of drug-likeness (QED) is 0.254. The van der Waals surface area contributed by atoms with Crippen LogP contribution in [0.25, 0.3) is 0 Å². The van der Waals surface area contributed by atoms with Gasteiger partial charge < -0.3 is 10.2 Å². The van der Waals surface area contributed by atoms with Crippen LogP contribution in [-0.2, 0) is 26.0 Å². The SMILES string of the molecule is CC[C@H](C)NC(=O)[C@H](CC)N(CCc1ccccc1)C(=O)CN(c1ccc(I)cc1)S(=O)(=O)c1ccccc1. The second kappa shape index (κ2) is 14.5. The molecule has 0 unspecified atom stereocenters. The number of nitrogens with zero attached hydrogens (tertiary/aromatic N) is 2. The summed E-state index contributed by atoms with van der Waals surface area (Å²) in [6, 6.07) is 24.0. The molecule has 0 aliphatic carbocycles. The van der Waals surface area contributed by atoms with E-state index in [4.69, 9.17) is 0 Å². The van der Waals surface area contributed by atoms with Gasteiger partial charge >= 0.3 is 0 Å². The van der Waals surface area contributed by atoms with Crippen molar-refractivity contribution in [1.82, 2.24) is 10.2 Å². The first-order chi connectivity index (χ1) is 18.7. The maximum absolute atomic E-state index is 14.0. The third kappa shape index (κ3) is 8.28. The number of hydrogen-bond acceptors (Lipinski definition) is 4. The predicted octanol–water partition coefficient (Wildman–Crippen LogP) is 5.25. The lowest BCUT2D eigenvalue weighted by Gasteiger charge is -2.33. The highest BCUT2D eigenvalue weighted by Crippen LogP contribution is 2.25. The van der Waals surface area contributed by atoms with Gasteiger partial charge in [0, 0.05) is 16.2 Å². The number of sulfonamides is 1. The van der Waals surface area contributed by atoms with Gasteiger partial charge in [-0.05, 0) is 90.7 Å². The Morgan fingerprint density at radius 1 is 0.872 bits per heavy atom. The van der Waals surface area contributed by atoms with Crippen LogP contribution in [-0.4, -0.2) is 50.3 Å². The van der Waals surface area contributed by atoms with E-state index in [-0.39, 0.29) is 23.4 Å². The van der Waals surface area contributed by atoms with Crippen LogP contribution in [0.4, 0.5) is 5.69 Å². The number of carbonyl (C=O) groups excluding carboxylic acids is 2.